The van der Waals surface area contributed by atoms with Crippen LogP contribution >= 0.6 is 11.8 Å². The first kappa shape index (κ1) is 16.9. The van der Waals surface area contributed by atoms with Gasteiger partial charge in [-0.1, -0.05) is 12.2 Å². The summed E-state index contributed by atoms with van der Waals surface area (Å²) in [6.45, 7) is 4.27. The predicted molar refractivity (Wildman–Crippen MR) is 92.9 cm³/mol. The summed E-state index contributed by atoms with van der Waals surface area (Å²) >= 11 is 1.86. The molecule has 4 aliphatic heterocycles. The average molecular weight is 365 g/mol. The number of hydrogen-bond donors (Lipinski definition) is 1. The minimum Gasteiger partial charge on any atom is -0.360 e. The molecule has 0 radical (unpaired) electrons. The summed E-state index contributed by atoms with van der Waals surface area (Å²) in [5, 5.41) is 2.72. The number of thioether (sulfide) groups is 1. The summed E-state index contributed by atoms with van der Waals surface area (Å²) in [5.41, 5.74) is -0.664. The molecule has 4 atom stereocenters. The number of likely N-dealkylation sites (tertiary alicyclic amines) is 1. The van der Waals surface area contributed by atoms with Crippen molar-refractivity contribution in [2.45, 2.75) is 18.6 Å². The van der Waals surface area contributed by atoms with E-state index >= 15 is 0 Å². The Hall–Kier alpha value is -1.54. The van der Waals surface area contributed by atoms with Gasteiger partial charge in [0.15, 0.2) is 0 Å². The normalized spacial score (nSPS) is 36.0. The summed E-state index contributed by atoms with van der Waals surface area (Å²) in [6, 6.07) is 0. The predicted octanol–water partition coefficient (Wildman–Crippen LogP) is -0.520. The highest BCUT2D eigenvalue weighted by Gasteiger charge is 2.67. The van der Waals surface area contributed by atoms with E-state index in [-0.39, 0.29) is 23.8 Å². The molecule has 3 amide bonds. The first-order valence-electron chi connectivity index (χ1n) is 8.79. The van der Waals surface area contributed by atoms with E-state index in [1.165, 1.54) is 6.92 Å². The van der Waals surface area contributed by atoms with Crippen LogP contribution in [0.2, 0.25) is 0 Å². The number of rotatable bonds is 4. The molecule has 25 heavy (non-hydrogen) atoms. The smallest absolute Gasteiger partial charge is 0.230 e. The Morgan fingerprint density at radius 2 is 2.16 bits per heavy atom. The molecule has 4 heterocycles. The molecule has 4 aliphatic rings. The van der Waals surface area contributed by atoms with Crippen molar-refractivity contribution >= 4 is 29.5 Å². The van der Waals surface area contributed by atoms with Gasteiger partial charge in [-0.3, -0.25) is 14.4 Å². The molecule has 136 valence electrons. The van der Waals surface area contributed by atoms with Crippen molar-refractivity contribution in [2.24, 2.45) is 11.8 Å². The Kier molecular flexibility index (Phi) is 4.27. The standard InChI is InChI=1S/C17H23N3O4S/c1-11(21)18-4-5-20-10-17-3-2-12(24-17)13(14(17)16(20)23)15(22)19-6-8-25-9-7-19/h2-3,12-14H,4-10H2,1H3,(H,18,21)/t12-,13+,14-,17-/m0/s1. The average Bonchev–Trinajstić information content (AvgIpc) is 3.23. The van der Waals surface area contributed by atoms with E-state index in [9.17, 15) is 14.4 Å². The SMILES string of the molecule is CC(=O)NCCN1C[C@]23C=C[C@H](O2)[C@@H](C(=O)N2CCSCC2)[C@H]3C1=O. The van der Waals surface area contributed by atoms with Crippen LogP contribution in [0.1, 0.15) is 6.92 Å². The molecule has 3 fully saturated rings. The molecule has 4 rings (SSSR count). The highest BCUT2D eigenvalue weighted by Crippen LogP contribution is 2.52. The van der Waals surface area contributed by atoms with Gasteiger partial charge in [-0.15, -0.1) is 0 Å². The molecular formula is C17H23N3O4S. The van der Waals surface area contributed by atoms with Gasteiger partial charge in [-0.05, 0) is 0 Å². The van der Waals surface area contributed by atoms with Crippen LogP contribution in [0.4, 0.5) is 0 Å². The minimum absolute atomic E-state index is 0.0260. The van der Waals surface area contributed by atoms with Crippen LogP contribution in [0.25, 0.3) is 0 Å². The van der Waals surface area contributed by atoms with Crippen molar-refractivity contribution in [2.75, 3.05) is 44.2 Å². The lowest BCUT2D eigenvalue weighted by Crippen LogP contribution is -2.48. The van der Waals surface area contributed by atoms with Gasteiger partial charge < -0.3 is 19.9 Å². The third-order valence-electron chi connectivity index (χ3n) is 5.54. The quantitative estimate of drug-likeness (QED) is 0.679. The second kappa shape index (κ2) is 6.32. The zero-order valence-corrected chi connectivity index (χ0v) is 15.1. The fourth-order valence-corrected chi connectivity index (χ4v) is 5.31. The van der Waals surface area contributed by atoms with Crippen LogP contribution in [0.15, 0.2) is 12.2 Å². The highest BCUT2D eigenvalue weighted by atomic mass is 32.2. The zero-order valence-electron chi connectivity index (χ0n) is 14.3. The van der Waals surface area contributed by atoms with E-state index in [1.807, 2.05) is 28.8 Å². The van der Waals surface area contributed by atoms with Gasteiger partial charge in [0.25, 0.3) is 0 Å². The second-order valence-electron chi connectivity index (χ2n) is 7.08. The third-order valence-corrected chi connectivity index (χ3v) is 6.48. The maximum Gasteiger partial charge on any atom is 0.230 e. The number of hydrogen-bond acceptors (Lipinski definition) is 5. The molecule has 0 aromatic heterocycles. The molecule has 0 saturated carbocycles. The fourth-order valence-electron chi connectivity index (χ4n) is 4.41. The molecule has 2 bridgehead atoms. The molecule has 1 N–H and O–H groups in total. The Morgan fingerprint density at radius 3 is 2.88 bits per heavy atom. The van der Waals surface area contributed by atoms with E-state index in [0.717, 1.165) is 24.6 Å². The first-order chi connectivity index (χ1) is 12.0. The van der Waals surface area contributed by atoms with Crippen LogP contribution in [0.5, 0.6) is 0 Å². The van der Waals surface area contributed by atoms with Crippen molar-refractivity contribution in [1.29, 1.82) is 0 Å². The molecule has 1 spiro atoms. The van der Waals surface area contributed by atoms with Crippen LogP contribution in [-0.2, 0) is 19.1 Å². The molecule has 0 aromatic rings. The molecule has 0 aliphatic carbocycles. The molecule has 3 saturated heterocycles. The highest BCUT2D eigenvalue weighted by molar-refractivity contribution is 7.99. The number of amides is 3. The summed E-state index contributed by atoms with van der Waals surface area (Å²) in [6.07, 6.45) is 3.63. The van der Waals surface area contributed by atoms with E-state index in [0.29, 0.717) is 19.6 Å². The number of carbonyl (C=O) groups excluding carboxylic acids is 3. The van der Waals surface area contributed by atoms with Gasteiger partial charge in [-0.2, -0.15) is 11.8 Å². The lowest BCUT2D eigenvalue weighted by molar-refractivity contribution is -0.143. The lowest BCUT2D eigenvalue weighted by Gasteiger charge is -2.32. The summed E-state index contributed by atoms with van der Waals surface area (Å²) in [5.74, 6) is 0.977. The lowest BCUT2D eigenvalue weighted by atomic mass is 9.76. The van der Waals surface area contributed by atoms with Crippen molar-refractivity contribution in [3.63, 3.8) is 0 Å². The third kappa shape index (κ3) is 2.75. The molecule has 0 aromatic carbocycles. The monoisotopic (exact) mass is 365 g/mol. The van der Waals surface area contributed by atoms with Crippen LogP contribution < -0.4 is 5.32 Å². The van der Waals surface area contributed by atoms with Crippen LogP contribution in [-0.4, -0.2) is 83.5 Å². The number of fused-ring (bicyclic) bond motifs is 1. The number of carbonyl (C=O) groups is 3. The van der Waals surface area contributed by atoms with Crippen molar-refractivity contribution in [3.05, 3.63) is 12.2 Å². The zero-order chi connectivity index (χ0) is 17.6. The van der Waals surface area contributed by atoms with E-state index < -0.39 is 17.4 Å². The molecular weight excluding hydrogens is 342 g/mol. The van der Waals surface area contributed by atoms with Gasteiger partial charge in [0, 0.05) is 44.6 Å². The van der Waals surface area contributed by atoms with Crippen LogP contribution in [0.3, 0.4) is 0 Å². The summed E-state index contributed by atoms with van der Waals surface area (Å²) in [7, 11) is 0. The Morgan fingerprint density at radius 1 is 1.40 bits per heavy atom. The number of ether oxygens (including phenoxy) is 1. The summed E-state index contributed by atoms with van der Waals surface area (Å²) in [4.78, 5) is 40.7. The van der Waals surface area contributed by atoms with Gasteiger partial charge in [0.05, 0.1) is 24.5 Å². The molecule has 0 unspecified atom stereocenters. The maximum absolute atomic E-state index is 13.1. The Labute approximate surface area is 151 Å². The largest absolute Gasteiger partial charge is 0.360 e. The number of nitrogens with zero attached hydrogens (tertiary/aromatic N) is 2. The first-order valence-corrected chi connectivity index (χ1v) is 9.94. The molecule has 8 heteroatoms. The topological polar surface area (TPSA) is 79.0 Å². The molecule has 7 nitrogen and oxygen atoms in total. The van der Waals surface area contributed by atoms with E-state index in [1.54, 1.807) is 4.90 Å². The maximum atomic E-state index is 13.1. The second-order valence-corrected chi connectivity index (χ2v) is 8.31. The Bertz CT molecular complexity index is 633. The van der Waals surface area contributed by atoms with E-state index in [4.69, 9.17) is 4.74 Å². The van der Waals surface area contributed by atoms with Crippen LogP contribution in [0, 0.1) is 11.8 Å². The minimum atomic E-state index is -0.664. The number of nitrogens with one attached hydrogen (secondary N) is 1. The van der Waals surface area contributed by atoms with E-state index in [2.05, 4.69) is 5.32 Å². The van der Waals surface area contributed by atoms with Gasteiger partial charge in [-0.25, -0.2) is 0 Å². The van der Waals surface area contributed by atoms with Crippen molar-refractivity contribution in [3.8, 4) is 0 Å². The van der Waals surface area contributed by atoms with Gasteiger partial charge in [0.2, 0.25) is 17.7 Å². The van der Waals surface area contributed by atoms with Crippen molar-refractivity contribution in [1.82, 2.24) is 15.1 Å². The van der Waals surface area contributed by atoms with Gasteiger partial charge in [0.1, 0.15) is 5.60 Å². The van der Waals surface area contributed by atoms with Gasteiger partial charge >= 0.3 is 0 Å². The fraction of sp³-hybridized carbons (Fsp3) is 0.706. The Balaban J connectivity index is 1.50. The summed E-state index contributed by atoms with van der Waals surface area (Å²) < 4.78 is 6.12. The van der Waals surface area contributed by atoms with Crippen molar-refractivity contribution < 1.29 is 19.1 Å².